The summed E-state index contributed by atoms with van der Waals surface area (Å²) in [6.45, 7) is 4.78. The fourth-order valence-corrected chi connectivity index (χ4v) is 1.46. The zero-order chi connectivity index (χ0) is 13.5. The van der Waals surface area contributed by atoms with Gasteiger partial charge in [0.15, 0.2) is 23.3 Å². The van der Waals surface area contributed by atoms with Gasteiger partial charge in [0.25, 0.3) is 0 Å². The molecule has 0 spiro atoms. The summed E-state index contributed by atoms with van der Waals surface area (Å²) in [5.74, 6) is -1.31. The lowest BCUT2D eigenvalue weighted by molar-refractivity contribution is 0.190. The van der Waals surface area contributed by atoms with E-state index in [0.717, 1.165) is 12.5 Å². The van der Waals surface area contributed by atoms with E-state index >= 15 is 0 Å². The maximum Gasteiger partial charge on any atom is 0.168 e. The van der Waals surface area contributed by atoms with E-state index in [9.17, 15) is 8.78 Å². The molecular weight excluding hydrogens is 240 g/mol. The summed E-state index contributed by atoms with van der Waals surface area (Å²) in [5.41, 5.74) is 0. The number of hydrogen-bond acceptors (Lipinski definition) is 4. The first-order valence-electron chi connectivity index (χ1n) is 5.93. The maximum absolute atomic E-state index is 13.5. The second-order valence-corrected chi connectivity index (χ2v) is 4.08. The average molecular weight is 259 g/mol. The predicted octanol–water partition coefficient (Wildman–Crippen LogP) is 2.63. The highest BCUT2D eigenvalue weighted by Gasteiger charge is 2.13. The molecule has 1 aromatic rings. The Labute approximate surface area is 106 Å². The Kier molecular flexibility index (Phi) is 5.77. The molecule has 18 heavy (non-hydrogen) atoms. The third kappa shape index (κ3) is 4.10. The summed E-state index contributed by atoms with van der Waals surface area (Å²) in [6, 6.07) is 0.717. The molecule has 6 heteroatoms. The highest BCUT2D eigenvalue weighted by Crippen LogP contribution is 2.19. The lowest BCUT2D eigenvalue weighted by Gasteiger charge is -2.15. The third-order valence-electron chi connectivity index (χ3n) is 2.27. The molecule has 1 aromatic heterocycles. The molecule has 0 bridgehead atoms. The molecule has 1 atom stereocenters. The number of halogens is 2. The lowest BCUT2D eigenvalue weighted by atomic mass is 10.3. The van der Waals surface area contributed by atoms with Crippen LogP contribution in [0.4, 0.5) is 20.4 Å². The van der Waals surface area contributed by atoms with Crippen molar-refractivity contribution in [2.24, 2.45) is 0 Å². The van der Waals surface area contributed by atoms with Crippen LogP contribution in [0, 0.1) is 11.6 Å². The van der Waals surface area contributed by atoms with Crippen molar-refractivity contribution in [1.82, 2.24) is 4.98 Å². The van der Waals surface area contributed by atoms with Crippen LogP contribution in [0.1, 0.15) is 20.3 Å². The number of aromatic nitrogens is 1. The quantitative estimate of drug-likeness (QED) is 0.790. The minimum Gasteiger partial charge on any atom is -0.383 e. The molecular formula is C12H19F2N3O. The van der Waals surface area contributed by atoms with Crippen molar-refractivity contribution in [1.29, 1.82) is 0 Å². The fraction of sp³-hybridized carbons (Fsp3) is 0.583. The third-order valence-corrected chi connectivity index (χ3v) is 2.27. The second-order valence-electron chi connectivity index (χ2n) is 4.08. The number of nitrogens with zero attached hydrogens (tertiary/aromatic N) is 1. The van der Waals surface area contributed by atoms with E-state index in [1.54, 1.807) is 7.11 Å². The Morgan fingerprint density at radius 3 is 2.61 bits per heavy atom. The molecule has 0 aliphatic rings. The zero-order valence-electron chi connectivity index (χ0n) is 10.9. The summed E-state index contributed by atoms with van der Waals surface area (Å²) in [7, 11) is 1.56. The number of methoxy groups -OCH3 is 1. The van der Waals surface area contributed by atoms with Crippen molar-refractivity contribution < 1.29 is 13.5 Å². The van der Waals surface area contributed by atoms with Gasteiger partial charge in [-0.15, -0.1) is 0 Å². The summed E-state index contributed by atoms with van der Waals surface area (Å²) in [4.78, 5) is 3.90. The van der Waals surface area contributed by atoms with Gasteiger partial charge in [0, 0.05) is 25.8 Å². The van der Waals surface area contributed by atoms with Crippen LogP contribution >= 0.6 is 0 Å². The van der Waals surface area contributed by atoms with Crippen LogP contribution in [-0.2, 0) is 4.74 Å². The van der Waals surface area contributed by atoms with E-state index in [1.807, 2.05) is 13.8 Å². The fourth-order valence-electron chi connectivity index (χ4n) is 1.46. The van der Waals surface area contributed by atoms with Crippen molar-refractivity contribution >= 4 is 11.6 Å². The van der Waals surface area contributed by atoms with Crippen LogP contribution in [-0.4, -0.2) is 31.3 Å². The summed E-state index contributed by atoms with van der Waals surface area (Å²) < 4.78 is 31.9. The lowest BCUT2D eigenvalue weighted by Crippen LogP contribution is -2.22. The van der Waals surface area contributed by atoms with Gasteiger partial charge in [-0.25, -0.2) is 13.8 Å². The minimum absolute atomic E-state index is 0.0274. The van der Waals surface area contributed by atoms with E-state index in [2.05, 4.69) is 15.6 Å². The number of rotatable bonds is 7. The van der Waals surface area contributed by atoms with Crippen molar-refractivity contribution in [3.8, 4) is 0 Å². The molecule has 0 aliphatic carbocycles. The van der Waals surface area contributed by atoms with Gasteiger partial charge in [0.2, 0.25) is 0 Å². The second kappa shape index (κ2) is 7.10. The number of nitrogens with one attached hydrogen (secondary N) is 2. The van der Waals surface area contributed by atoms with Crippen molar-refractivity contribution in [3.63, 3.8) is 0 Å². The molecule has 1 heterocycles. The van der Waals surface area contributed by atoms with E-state index in [0.29, 0.717) is 13.2 Å². The molecule has 4 nitrogen and oxygen atoms in total. The van der Waals surface area contributed by atoms with Crippen molar-refractivity contribution in [2.75, 3.05) is 30.9 Å². The Morgan fingerprint density at radius 2 is 2.00 bits per heavy atom. The van der Waals surface area contributed by atoms with Gasteiger partial charge in [-0.05, 0) is 13.3 Å². The molecule has 2 N–H and O–H groups in total. The van der Waals surface area contributed by atoms with E-state index in [-0.39, 0.29) is 17.7 Å². The van der Waals surface area contributed by atoms with Gasteiger partial charge >= 0.3 is 0 Å². The van der Waals surface area contributed by atoms with Gasteiger partial charge in [0.05, 0.1) is 6.61 Å². The van der Waals surface area contributed by atoms with Crippen LogP contribution in [0.2, 0.25) is 0 Å². The molecule has 0 aliphatic heterocycles. The first kappa shape index (κ1) is 14.6. The van der Waals surface area contributed by atoms with Crippen LogP contribution in [0.3, 0.4) is 0 Å². The molecule has 1 unspecified atom stereocenters. The number of pyridine rings is 1. The highest BCUT2D eigenvalue weighted by molar-refractivity contribution is 5.47. The van der Waals surface area contributed by atoms with Gasteiger partial charge in [-0.2, -0.15) is 0 Å². The SMILES string of the molecule is CCCNc1nc(NC(C)COC)c(F)cc1F. The van der Waals surface area contributed by atoms with Crippen LogP contribution in [0.5, 0.6) is 0 Å². The molecule has 0 amide bonds. The molecule has 0 radical (unpaired) electrons. The molecule has 0 aromatic carbocycles. The van der Waals surface area contributed by atoms with Gasteiger partial charge in [0.1, 0.15) is 0 Å². The molecule has 102 valence electrons. The normalized spacial score (nSPS) is 12.3. The smallest absolute Gasteiger partial charge is 0.168 e. The first-order chi connectivity index (χ1) is 8.58. The maximum atomic E-state index is 13.5. The summed E-state index contributed by atoms with van der Waals surface area (Å²) in [5, 5.41) is 5.65. The van der Waals surface area contributed by atoms with E-state index < -0.39 is 11.6 Å². The standard InChI is InChI=1S/C12H19F2N3O/c1-4-5-15-11-9(13)6-10(14)12(17-11)16-8(2)7-18-3/h6,8H,4-5,7H2,1-3H3,(H2,15,16,17). The summed E-state index contributed by atoms with van der Waals surface area (Å²) in [6.07, 6.45) is 0.835. The van der Waals surface area contributed by atoms with Gasteiger partial charge in [-0.1, -0.05) is 6.92 Å². The number of ether oxygens (including phenoxy) is 1. The zero-order valence-corrected chi connectivity index (χ0v) is 10.9. The van der Waals surface area contributed by atoms with E-state index in [4.69, 9.17) is 4.74 Å². The Morgan fingerprint density at radius 1 is 1.33 bits per heavy atom. The van der Waals surface area contributed by atoms with Gasteiger partial charge < -0.3 is 15.4 Å². The molecule has 1 rings (SSSR count). The van der Waals surface area contributed by atoms with E-state index in [1.165, 1.54) is 0 Å². The predicted molar refractivity (Wildman–Crippen MR) is 67.9 cm³/mol. The van der Waals surface area contributed by atoms with Crippen LogP contribution in [0.25, 0.3) is 0 Å². The van der Waals surface area contributed by atoms with Crippen LogP contribution in [0.15, 0.2) is 6.07 Å². The molecule has 0 saturated carbocycles. The number of anilines is 2. The van der Waals surface area contributed by atoms with Crippen molar-refractivity contribution in [2.45, 2.75) is 26.3 Å². The topological polar surface area (TPSA) is 46.2 Å². The van der Waals surface area contributed by atoms with Gasteiger partial charge in [-0.3, -0.25) is 0 Å². The highest BCUT2D eigenvalue weighted by atomic mass is 19.1. The average Bonchev–Trinajstić information content (AvgIpc) is 2.31. The Balaban J connectivity index is 2.83. The summed E-state index contributed by atoms with van der Waals surface area (Å²) >= 11 is 0. The molecule has 0 saturated heterocycles. The largest absolute Gasteiger partial charge is 0.383 e. The minimum atomic E-state index is -0.711. The Hall–Kier alpha value is -1.43. The Bertz CT molecular complexity index is 388. The first-order valence-corrected chi connectivity index (χ1v) is 5.93. The van der Waals surface area contributed by atoms with Crippen LogP contribution < -0.4 is 10.6 Å². The molecule has 0 fully saturated rings. The number of hydrogen-bond donors (Lipinski definition) is 2. The van der Waals surface area contributed by atoms with Crippen molar-refractivity contribution in [3.05, 3.63) is 17.7 Å². The monoisotopic (exact) mass is 259 g/mol.